The highest BCUT2D eigenvalue weighted by molar-refractivity contribution is 5.78. The highest BCUT2D eigenvalue weighted by Crippen LogP contribution is 2.27. The van der Waals surface area contributed by atoms with Gasteiger partial charge in [-0.2, -0.15) is 0 Å². The fraction of sp³-hybridized carbons (Fsp3) is 0.462. The molecule has 0 amide bonds. The molecule has 1 saturated heterocycles. The Balaban J connectivity index is 2.36. The van der Waals surface area contributed by atoms with E-state index in [9.17, 15) is 4.79 Å². The zero-order valence-corrected chi connectivity index (χ0v) is 10.4. The summed E-state index contributed by atoms with van der Waals surface area (Å²) in [6, 6.07) is 4.79. The molecule has 2 rings (SSSR count). The molecule has 3 N–H and O–H groups in total. The summed E-state index contributed by atoms with van der Waals surface area (Å²) in [5, 5.41) is 9.08. The van der Waals surface area contributed by atoms with Gasteiger partial charge in [-0.25, -0.2) is 0 Å². The van der Waals surface area contributed by atoms with Crippen molar-refractivity contribution in [2.75, 3.05) is 31.2 Å². The van der Waals surface area contributed by atoms with Crippen LogP contribution in [0.15, 0.2) is 18.2 Å². The maximum absolute atomic E-state index is 11.1. The lowest BCUT2D eigenvalue weighted by molar-refractivity contribution is -0.138. The molecule has 1 heterocycles. The molecule has 18 heavy (non-hydrogen) atoms. The molecular formula is C13H18N2O3. The zero-order chi connectivity index (χ0) is 13.1. The van der Waals surface area contributed by atoms with Crippen molar-refractivity contribution in [2.45, 2.75) is 13.0 Å². The number of nitrogens with zero attached hydrogens (tertiary/aromatic N) is 1. The lowest BCUT2D eigenvalue weighted by Crippen LogP contribution is -2.37. The largest absolute Gasteiger partial charge is 0.480 e. The van der Waals surface area contributed by atoms with Crippen molar-refractivity contribution >= 4 is 11.7 Å². The SMILES string of the molecule is Cc1ccc(N2CCOCC2)c(C(N)C(=O)O)c1. The van der Waals surface area contributed by atoms with Crippen molar-refractivity contribution in [3.8, 4) is 0 Å². The number of carboxylic acids is 1. The molecule has 1 aliphatic rings. The minimum atomic E-state index is -1.00. The molecule has 0 aromatic heterocycles. The van der Waals surface area contributed by atoms with Gasteiger partial charge in [-0.05, 0) is 13.0 Å². The van der Waals surface area contributed by atoms with Gasteiger partial charge in [-0.1, -0.05) is 17.7 Å². The fourth-order valence-electron chi connectivity index (χ4n) is 2.15. The van der Waals surface area contributed by atoms with Gasteiger partial charge in [0.05, 0.1) is 13.2 Å². The Bertz CT molecular complexity index is 442. The van der Waals surface area contributed by atoms with Crippen molar-refractivity contribution < 1.29 is 14.6 Å². The molecule has 5 nitrogen and oxygen atoms in total. The Labute approximate surface area is 106 Å². The number of carboxylic acid groups (broad SMARTS) is 1. The zero-order valence-electron chi connectivity index (χ0n) is 10.4. The molecule has 0 bridgehead atoms. The number of hydrogen-bond donors (Lipinski definition) is 2. The van der Waals surface area contributed by atoms with E-state index in [4.69, 9.17) is 15.6 Å². The quantitative estimate of drug-likeness (QED) is 0.834. The third-order valence-corrected chi connectivity index (χ3v) is 3.14. The van der Waals surface area contributed by atoms with Crippen molar-refractivity contribution in [1.82, 2.24) is 0 Å². The van der Waals surface area contributed by atoms with E-state index in [1.54, 1.807) is 0 Å². The summed E-state index contributed by atoms with van der Waals surface area (Å²) < 4.78 is 5.30. The topological polar surface area (TPSA) is 75.8 Å². The molecule has 1 aromatic carbocycles. The second-order valence-electron chi connectivity index (χ2n) is 4.48. The van der Waals surface area contributed by atoms with E-state index in [0.717, 1.165) is 24.3 Å². The maximum atomic E-state index is 11.1. The van der Waals surface area contributed by atoms with E-state index in [1.165, 1.54) is 0 Å². The smallest absolute Gasteiger partial charge is 0.325 e. The third-order valence-electron chi connectivity index (χ3n) is 3.14. The number of nitrogens with two attached hydrogens (primary N) is 1. The number of aliphatic carboxylic acids is 1. The van der Waals surface area contributed by atoms with Crippen LogP contribution in [0.4, 0.5) is 5.69 Å². The fourth-order valence-corrected chi connectivity index (χ4v) is 2.15. The first-order chi connectivity index (χ1) is 8.59. The number of benzene rings is 1. The lowest BCUT2D eigenvalue weighted by atomic mass is 10.0. The van der Waals surface area contributed by atoms with Crippen LogP contribution >= 0.6 is 0 Å². The van der Waals surface area contributed by atoms with Crippen LogP contribution in [0.3, 0.4) is 0 Å². The molecule has 1 aromatic rings. The Morgan fingerprint density at radius 1 is 1.44 bits per heavy atom. The normalized spacial score (nSPS) is 17.6. The van der Waals surface area contributed by atoms with Crippen molar-refractivity contribution in [3.05, 3.63) is 29.3 Å². The van der Waals surface area contributed by atoms with Crippen LogP contribution in [0.2, 0.25) is 0 Å². The number of anilines is 1. The standard InChI is InChI=1S/C13H18N2O3/c1-9-2-3-11(15-4-6-18-7-5-15)10(8-9)12(14)13(16)17/h2-3,8,12H,4-7,14H2,1H3,(H,16,17). The molecule has 0 radical (unpaired) electrons. The van der Waals surface area contributed by atoms with Crippen molar-refractivity contribution in [2.24, 2.45) is 5.73 Å². The molecular weight excluding hydrogens is 232 g/mol. The maximum Gasteiger partial charge on any atom is 0.325 e. The Morgan fingerprint density at radius 3 is 2.72 bits per heavy atom. The monoisotopic (exact) mass is 250 g/mol. The molecule has 0 aliphatic carbocycles. The summed E-state index contributed by atoms with van der Waals surface area (Å²) in [4.78, 5) is 13.2. The van der Waals surface area contributed by atoms with Crippen LogP contribution < -0.4 is 10.6 Å². The average molecular weight is 250 g/mol. The minimum Gasteiger partial charge on any atom is -0.480 e. The van der Waals surface area contributed by atoms with Crippen molar-refractivity contribution in [3.63, 3.8) is 0 Å². The van der Waals surface area contributed by atoms with E-state index in [1.807, 2.05) is 25.1 Å². The van der Waals surface area contributed by atoms with Gasteiger partial charge in [0, 0.05) is 24.3 Å². The van der Waals surface area contributed by atoms with Crippen LogP contribution in [-0.2, 0) is 9.53 Å². The van der Waals surface area contributed by atoms with Gasteiger partial charge in [0.2, 0.25) is 0 Å². The Morgan fingerprint density at radius 2 is 2.11 bits per heavy atom. The second-order valence-corrected chi connectivity index (χ2v) is 4.48. The predicted molar refractivity (Wildman–Crippen MR) is 68.8 cm³/mol. The molecule has 98 valence electrons. The number of hydrogen-bond acceptors (Lipinski definition) is 4. The van der Waals surface area contributed by atoms with Crippen LogP contribution in [0.1, 0.15) is 17.2 Å². The van der Waals surface area contributed by atoms with Gasteiger partial charge in [0.25, 0.3) is 0 Å². The van der Waals surface area contributed by atoms with Gasteiger partial charge >= 0.3 is 5.97 Å². The second kappa shape index (κ2) is 5.37. The summed E-state index contributed by atoms with van der Waals surface area (Å²) in [5.74, 6) is -1.00. The van der Waals surface area contributed by atoms with E-state index >= 15 is 0 Å². The van der Waals surface area contributed by atoms with Gasteiger partial charge < -0.3 is 20.5 Å². The first-order valence-electron chi connectivity index (χ1n) is 6.01. The number of carbonyl (C=O) groups is 1. The van der Waals surface area contributed by atoms with E-state index < -0.39 is 12.0 Å². The molecule has 1 fully saturated rings. The summed E-state index contributed by atoms with van der Waals surface area (Å²) >= 11 is 0. The van der Waals surface area contributed by atoms with Crippen LogP contribution in [0.5, 0.6) is 0 Å². The molecule has 0 spiro atoms. The average Bonchev–Trinajstić information content (AvgIpc) is 2.38. The van der Waals surface area contributed by atoms with Crippen molar-refractivity contribution in [1.29, 1.82) is 0 Å². The molecule has 1 aliphatic heterocycles. The number of rotatable bonds is 3. The van der Waals surface area contributed by atoms with Gasteiger partial charge in [0.1, 0.15) is 6.04 Å². The molecule has 1 atom stereocenters. The lowest BCUT2D eigenvalue weighted by Gasteiger charge is -2.31. The number of morpholine rings is 1. The van der Waals surface area contributed by atoms with E-state index in [-0.39, 0.29) is 0 Å². The highest BCUT2D eigenvalue weighted by Gasteiger charge is 2.22. The van der Waals surface area contributed by atoms with Crippen LogP contribution in [0, 0.1) is 6.92 Å². The van der Waals surface area contributed by atoms with Gasteiger partial charge in [0.15, 0.2) is 0 Å². The summed E-state index contributed by atoms with van der Waals surface area (Å²) in [6.45, 7) is 4.79. The Hall–Kier alpha value is -1.59. The Kier molecular flexibility index (Phi) is 3.84. The molecule has 1 unspecified atom stereocenters. The highest BCUT2D eigenvalue weighted by atomic mass is 16.5. The first-order valence-corrected chi connectivity index (χ1v) is 6.01. The minimum absolute atomic E-state index is 0.662. The van der Waals surface area contributed by atoms with Gasteiger partial charge in [-0.3, -0.25) is 4.79 Å². The summed E-state index contributed by atoms with van der Waals surface area (Å²) in [6.07, 6.45) is 0. The van der Waals surface area contributed by atoms with E-state index in [0.29, 0.717) is 18.8 Å². The first kappa shape index (κ1) is 12.9. The summed E-state index contributed by atoms with van der Waals surface area (Å²) in [5.41, 5.74) is 8.34. The van der Waals surface area contributed by atoms with Gasteiger partial charge in [-0.15, -0.1) is 0 Å². The van der Waals surface area contributed by atoms with Crippen LogP contribution in [0.25, 0.3) is 0 Å². The third kappa shape index (κ3) is 2.63. The number of ether oxygens (including phenoxy) is 1. The van der Waals surface area contributed by atoms with Crippen LogP contribution in [-0.4, -0.2) is 37.4 Å². The predicted octanol–water partition coefficient (Wildman–Crippen LogP) is 0.916. The molecule has 5 heteroatoms. The number of aryl methyl sites for hydroxylation is 1. The van der Waals surface area contributed by atoms with E-state index in [2.05, 4.69) is 4.90 Å². The molecule has 0 saturated carbocycles. The summed E-state index contributed by atoms with van der Waals surface area (Å²) in [7, 11) is 0.